The van der Waals surface area contributed by atoms with Gasteiger partial charge in [-0.25, -0.2) is 0 Å². The van der Waals surface area contributed by atoms with Crippen LogP contribution in [-0.4, -0.2) is 43.5 Å². The highest BCUT2D eigenvalue weighted by atomic mass is 35.5. The van der Waals surface area contributed by atoms with Crippen LogP contribution in [0.1, 0.15) is 64.2 Å². The molecule has 0 radical (unpaired) electrons. The lowest BCUT2D eigenvalue weighted by molar-refractivity contribution is -0.124. The van der Waals surface area contributed by atoms with E-state index in [0.717, 1.165) is 52.1 Å². The van der Waals surface area contributed by atoms with E-state index in [1.165, 1.54) is 44.9 Å². The second-order valence-electron chi connectivity index (χ2n) is 6.44. The average molecular weight is 317 g/mol. The summed E-state index contributed by atoms with van der Waals surface area (Å²) >= 11 is 0. The molecule has 0 N–H and O–H groups in total. The second kappa shape index (κ2) is 11.4. The number of ether oxygens (including phenoxy) is 1. The molecule has 1 aliphatic heterocycles. The lowest BCUT2D eigenvalue weighted by Crippen LogP contribution is -3.00. The Morgan fingerprint density at radius 2 is 1.48 bits per heavy atom. The molecule has 0 aromatic heterocycles. The fourth-order valence-electron chi connectivity index (χ4n) is 3.40. The topological polar surface area (TPSA) is 29.5 Å². The number of nitrogens with zero attached hydrogens (tertiary/aromatic N) is 1. The molecule has 1 atom stereocenters. The van der Waals surface area contributed by atoms with Gasteiger partial charge in [-0.1, -0.05) is 44.9 Å². The third-order valence-electron chi connectivity index (χ3n) is 4.76. The van der Waals surface area contributed by atoms with E-state index in [1.54, 1.807) is 0 Å². The zero-order chi connectivity index (χ0) is 14.0. The van der Waals surface area contributed by atoms with E-state index in [2.05, 4.69) is 4.90 Å². The van der Waals surface area contributed by atoms with Gasteiger partial charge >= 0.3 is 0 Å². The van der Waals surface area contributed by atoms with E-state index in [1.807, 2.05) is 0 Å². The standard InChI is InChI=1S/C17H31NO2.ClH/c19-17-10-8-6-4-2-1-3-5-7-9-16(17)15-18-11-13-20-14-12-18;/h16H,1-15H2;1H/p-1. The van der Waals surface area contributed by atoms with Gasteiger partial charge in [0.25, 0.3) is 0 Å². The number of carbonyl (C=O) groups excluding carboxylic acids is 1. The molecule has 2 fully saturated rings. The molecule has 3 nitrogen and oxygen atoms in total. The Bertz CT molecular complexity index is 280. The summed E-state index contributed by atoms with van der Waals surface area (Å²) in [5.41, 5.74) is 0. The molecule has 1 unspecified atom stereocenters. The Labute approximate surface area is 136 Å². The zero-order valence-corrected chi connectivity index (χ0v) is 14.1. The van der Waals surface area contributed by atoms with Crippen molar-refractivity contribution in [3.05, 3.63) is 0 Å². The van der Waals surface area contributed by atoms with Crippen LogP contribution in [-0.2, 0) is 9.53 Å². The van der Waals surface area contributed by atoms with Crippen molar-refractivity contribution in [2.24, 2.45) is 5.92 Å². The van der Waals surface area contributed by atoms with Crippen molar-refractivity contribution in [2.75, 3.05) is 32.8 Å². The molecule has 0 aromatic rings. The summed E-state index contributed by atoms with van der Waals surface area (Å²) in [5.74, 6) is 0.810. The van der Waals surface area contributed by atoms with Crippen LogP contribution < -0.4 is 12.4 Å². The third kappa shape index (κ3) is 7.62. The fraction of sp³-hybridized carbons (Fsp3) is 0.941. The van der Waals surface area contributed by atoms with Crippen molar-refractivity contribution < 1.29 is 21.9 Å². The highest BCUT2D eigenvalue weighted by Crippen LogP contribution is 2.20. The van der Waals surface area contributed by atoms with E-state index in [4.69, 9.17) is 4.74 Å². The first-order valence-corrected chi connectivity index (χ1v) is 8.69. The number of Topliss-reactive ketones (excluding diaryl/α,β-unsaturated/α-hetero) is 1. The molecule has 2 aliphatic rings. The van der Waals surface area contributed by atoms with Gasteiger partial charge in [-0.15, -0.1) is 0 Å². The summed E-state index contributed by atoms with van der Waals surface area (Å²) in [7, 11) is 0. The Morgan fingerprint density at radius 1 is 0.905 bits per heavy atom. The van der Waals surface area contributed by atoms with Gasteiger partial charge in [0, 0.05) is 32.0 Å². The lowest BCUT2D eigenvalue weighted by Gasteiger charge is -2.30. The highest BCUT2D eigenvalue weighted by Gasteiger charge is 2.22. The van der Waals surface area contributed by atoms with Gasteiger partial charge in [0.2, 0.25) is 0 Å². The van der Waals surface area contributed by atoms with Crippen LogP contribution in [0, 0.1) is 5.92 Å². The van der Waals surface area contributed by atoms with Crippen LogP contribution in [0.3, 0.4) is 0 Å². The summed E-state index contributed by atoms with van der Waals surface area (Å²) in [4.78, 5) is 14.9. The van der Waals surface area contributed by atoms with Crippen molar-refractivity contribution >= 4 is 5.78 Å². The monoisotopic (exact) mass is 316 g/mol. The van der Waals surface area contributed by atoms with Crippen LogP contribution in [0.4, 0.5) is 0 Å². The Balaban J connectivity index is 0.00000220. The molecule has 1 saturated carbocycles. The van der Waals surface area contributed by atoms with Crippen LogP contribution in [0.25, 0.3) is 0 Å². The lowest BCUT2D eigenvalue weighted by atomic mass is 9.91. The molecule has 0 aromatic carbocycles. The maximum atomic E-state index is 12.4. The fourth-order valence-corrected chi connectivity index (χ4v) is 3.40. The van der Waals surface area contributed by atoms with Crippen molar-refractivity contribution in [2.45, 2.75) is 64.2 Å². The van der Waals surface area contributed by atoms with E-state index < -0.39 is 0 Å². The van der Waals surface area contributed by atoms with Gasteiger partial charge in [-0.3, -0.25) is 9.69 Å². The molecule has 1 heterocycles. The number of ketones is 1. The van der Waals surface area contributed by atoms with Crippen molar-refractivity contribution in [1.82, 2.24) is 4.90 Å². The summed E-state index contributed by atoms with van der Waals surface area (Å²) in [6, 6.07) is 0. The van der Waals surface area contributed by atoms with Crippen LogP contribution in [0.15, 0.2) is 0 Å². The van der Waals surface area contributed by atoms with Crippen molar-refractivity contribution in [1.29, 1.82) is 0 Å². The summed E-state index contributed by atoms with van der Waals surface area (Å²) in [6.07, 6.45) is 12.3. The molecule has 1 aliphatic carbocycles. The number of halogens is 1. The Morgan fingerprint density at radius 3 is 2.14 bits per heavy atom. The quantitative estimate of drug-likeness (QED) is 0.739. The molecular formula is C17H31ClNO2-. The second-order valence-corrected chi connectivity index (χ2v) is 6.44. The Hall–Kier alpha value is -0.120. The number of carbonyl (C=O) groups is 1. The molecule has 21 heavy (non-hydrogen) atoms. The zero-order valence-electron chi connectivity index (χ0n) is 13.3. The highest BCUT2D eigenvalue weighted by molar-refractivity contribution is 5.81. The van der Waals surface area contributed by atoms with Gasteiger partial charge in [-0.2, -0.15) is 0 Å². The summed E-state index contributed by atoms with van der Waals surface area (Å²) in [5, 5.41) is 0. The normalized spacial score (nSPS) is 27.2. The predicted molar refractivity (Wildman–Crippen MR) is 81.9 cm³/mol. The van der Waals surface area contributed by atoms with Crippen LogP contribution >= 0.6 is 0 Å². The SMILES string of the molecule is O=C1CCCCCCCCCCC1CN1CCOCC1.[Cl-]. The maximum absolute atomic E-state index is 12.4. The average Bonchev–Trinajstić information content (AvgIpc) is 2.47. The summed E-state index contributed by atoms with van der Waals surface area (Å²) < 4.78 is 5.40. The number of hydrogen-bond donors (Lipinski definition) is 0. The van der Waals surface area contributed by atoms with E-state index in [-0.39, 0.29) is 18.3 Å². The van der Waals surface area contributed by atoms with Gasteiger partial charge in [0.1, 0.15) is 5.78 Å². The molecule has 2 rings (SSSR count). The van der Waals surface area contributed by atoms with Gasteiger partial charge < -0.3 is 17.1 Å². The molecular weight excluding hydrogens is 286 g/mol. The third-order valence-corrected chi connectivity index (χ3v) is 4.76. The maximum Gasteiger partial charge on any atom is 0.137 e. The minimum absolute atomic E-state index is 0. The number of rotatable bonds is 2. The molecule has 1 saturated heterocycles. The first-order valence-electron chi connectivity index (χ1n) is 8.69. The number of morpholine rings is 1. The first-order chi connectivity index (χ1) is 9.86. The number of hydrogen-bond acceptors (Lipinski definition) is 3. The van der Waals surface area contributed by atoms with Crippen molar-refractivity contribution in [3.63, 3.8) is 0 Å². The Kier molecular flexibility index (Phi) is 10.3. The van der Waals surface area contributed by atoms with Crippen molar-refractivity contribution in [3.8, 4) is 0 Å². The van der Waals surface area contributed by atoms with Gasteiger partial charge in [-0.05, 0) is 12.8 Å². The molecule has 0 bridgehead atoms. The first kappa shape index (κ1) is 18.9. The predicted octanol–water partition coefficient (Wildman–Crippen LogP) is 0.423. The molecule has 0 amide bonds. The minimum Gasteiger partial charge on any atom is -1.00 e. The molecule has 4 heteroatoms. The van der Waals surface area contributed by atoms with Gasteiger partial charge in [0.15, 0.2) is 0 Å². The van der Waals surface area contributed by atoms with Crippen LogP contribution in [0.5, 0.6) is 0 Å². The molecule has 0 spiro atoms. The minimum atomic E-state index is 0. The van der Waals surface area contributed by atoms with E-state index in [0.29, 0.717) is 5.78 Å². The van der Waals surface area contributed by atoms with E-state index >= 15 is 0 Å². The summed E-state index contributed by atoms with van der Waals surface area (Å²) in [6.45, 7) is 4.65. The van der Waals surface area contributed by atoms with Crippen LogP contribution in [0.2, 0.25) is 0 Å². The van der Waals surface area contributed by atoms with E-state index in [9.17, 15) is 4.79 Å². The smallest absolute Gasteiger partial charge is 0.137 e. The van der Waals surface area contributed by atoms with Gasteiger partial charge in [0.05, 0.1) is 13.2 Å². The molecule has 124 valence electrons. The largest absolute Gasteiger partial charge is 1.00 e.